The zero-order valence-corrected chi connectivity index (χ0v) is 17.0. The molecule has 0 aliphatic rings. The van der Waals surface area contributed by atoms with Crippen LogP contribution >= 0.6 is 0 Å². The van der Waals surface area contributed by atoms with Crippen LogP contribution < -0.4 is 10.6 Å². The molecule has 2 aromatic carbocycles. The molecule has 0 aliphatic carbocycles. The van der Waals surface area contributed by atoms with Crippen molar-refractivity contribution in [1.29, 1.82) is 0 Å². The number of nitrogens with zero attached hydrogens (tertiary/aromatic N) is 2. The maximum Gasteiger partial charge on any atom is 0.330 e. The molecule has 170 valence electrons. The van der Waals surface area contributed by atoms with Crippen molar-refractivity contribution in [3.8, 4) is 5.69 Å². The maximum absolute atomic E-state index is 12.9. The average molecular weight is 450 g/mol. The van der Waals surface area contributed by atoms with Crippen LogP contribution in [0.25, 0.3) is 5.69 Å². The second kappa shape index (κ2) is 10.8. The topological polar surface area (TPSA) is 68.2 Å². The molecular weight excluding hydrogens is 428 g/mol. The molecule has 0 fully saturated rings. The summed E-state index contributed by atoms with van der Waals surface area (Å²) in [6.45, 7) is -1.32. The third kappa shape index (κ3) is 6.81. The lowest BCUT2D eigenvalue weighted by atomic mass is 10.2. The van der Waals surface area contributed by atoms with E-state index in [0.29, 0.717) is 24.2 Å². The Morgan fingerprint density at radius 3 is 2.62 bits per heavy atom. The molecular formula is C22H22F4N4O2. The number of ether oxygens (including phenoxy) is 1. The Hall–Kier alpha value is -3.40. The first-order chi connectivity index (χ1) is 15.3. The quantitative estimate of drug-likeness (QED) is 0.442. The van der Waals surface area contributed by atoms with Crippen LogP contribution in [-0.4, -0.2) is 41.3 Å². The second-order valence-corrected chi connectivity index (χ2v) is 6.97. The van der Waals surface area contributed by atoms with Gasteiger partial charge in [-0.15, -0.1) is 0 Å². The molecule has 0 spiro atoms. The lowest BCUT2D eigenvalue weighted by Gasteiger charge is -2.15. The number of carbonyl (C=O) groups excluding carboxylic acids is 1. The van der Waals surface area contributed by atoms with Crippen molar-refractivity contribution in [2.75, 3.05) is 18.5 Å². The molecule has 2 N–H and O–H groups in total. The summed E-state index contributed by atoms with van der Waals surface area (Å²) in [7, 11) is 0. The highest BCUT2D eigenvalue weighted by molar-refractivity contribution is 5.89. The third-order valence-corrected chi connectivity index (χ3v) is 4.40. The van der Waals surface area contributed by atoms with Gasteiger partial charge in [0.05, 0.1) is 18.0 Å². The molecule has 2 amide bonds. The monoisotopic (exact) mass is 450 g/mol. The van der Waals surface area contributed by atoms with E-state index in [1.54, 1.807) is 22.9 Å². The van der Waals surface area contributed by atoms with Gasteiger partial charge in [0.15, 0.2) is 0 Å². The van der Waals surface area contributed by atoms with Crippen LogP contribution in [0.2, 0.25) is 0 Å². The number of halogens is 4. The van der Waals surface area contributed by atoms with E-state index >= 15 is 0 Å². The molecule has 0 bridgehead atoms. The Labute approximate surface area is 182 Å². The Morgan fingerprint density at radius 2 is 1.88 bits per heavy atom. The molecule has 0 unspecified atom stereocenters. The SMILES string of the molecule is O=C(NCCc1ccn(-c2ccccc2)n1)Nc1cccc(COCC(F)(F)C(F)F)c1. The fourth-order valence-corrected chi connectivity index (χ4v) is 2.81. The number of carbonyl (C=O) groups is 1. The Balaban J connectivity index is 1.42. The summed E-state index contributed by atoms with van der Waals surface area (Å²) in [4.78, 5) is 12.1. The van der Waals surface area contributed by atoms with E-state index in [2.05, 4.69) is 20.5 Å². The zero-order chi connectivity index (χ0) is 23.0. The predicted molar refractivity (Wildman–Crippen MR) is 111 cm³/mol. The summed E-state index contributed by atoms with van der Waals surface area (Å²) in [5.74, 6) is -4.20. The van der Waals surface area contributed by atoms with E-state index in [4.69, 9.17) is 0 Å². The number of rotatable bonds is 10. The van der Waals surface area contributed by atoms with Crippen molar-refractivity contribution in [2.45, 2.75) is 25.4 Å². The van der Waals surface area contributed by atoms with Crippen molar-refractivity contribution in [2.24, 2.45) is 0 Å². The highest BCUT2D eigenvalue weighted by Gasteiger charge is 2.40. The Kier molecular flexibility index (Phi) is 7.82. The molecule has 0 radical (unpaired) electrons. The zero-order valence-electron chi connectivity index (χ0n) is 17.0. The van der Waals surface area contributed by atoms with Gasteiger partial charge in [0.2, 0.25) is 0 Å². The number of urea groups is 1. The minimum Gasteiger partial charge on any atom is -0.370 e. The van der Waals surface area contributed by atoms with Crippen molar-refractivity contribution < 1.29 is 27.1 Å². The van der Waals surface area contributed by atoms with Crippen molar-refractivity contribution in [1.82, 2.24) is 15.1 Å². The van der Waals surface area contributed by atoms with Gasteiger partial charge >= 0.3 is 18.4 Å². The van der Waals surface area contributed by atoms with Gasteiger partial charge in [-0.05, 0) is 35.9 Å². The van der Waals surface area contributed by atoms with E-state index < -0.39 is 25.0 Å². The number of alkyl halides is 4. The highest BCUT2D eigenvalue weighted by Crippen LogP contribution is 2.23. The van der Waals surface area contributed by atoms with Crippen LogP contribution in [0.3, 0.4) is 0 Å². The van der Waals surface area contributed by atoms with Gasteiger partial charge in [-0.2, -0.15) is 13.9 Å². The van der Waals surface area contributed by atoms with Gasteiger partial charge in [-0.1, -0.05) is 30.3 Å². The molecule has 3 aromatic rings. The van der Waals surface area contributed by atoms with Crippen molar-refractivity contribution in [3.63, 3.8) is 0 Å². The van der Waals surface area contributed by atoms with Crippen LogP contribution in [0.4, 0.5) is 28.0 Å². The van der Waals surface area contributed by atoms with Gasteiger partial charge in [0, 0.05) is 24.8 Å². The fraction of sp³-hybridized carbons (Fsp3) is 0.273. The minimum absolute atomic E-state index is 0.288. The predicted octanol–water partition coefficient (Wildman–Crippen LogP) is 4.65. The Bertz CT molecular complexity index is 1010. The summed E-state index contributed by atoms with van der Waals surface area (Å²) in [5, 5.41) is 9.80. The first-order valence-corrected chi connectivity index (χ1v) is 9.81. The molecule has 1 heterocycles. The molecule has 32 heavy (non-hydrogen) atoms. The standard InChI is InChI=1S/C22H22F4N4O2/c23-20(24)22(25,26)15-32-14-16-5-4-6-18(13-16)28-21(31)27-11-9-17-10-12-30(29-17)19-7-2-1-3-8-19/h1-8,10,12-13,20H,9,11,14-15H2,(H2,27,28,31). The van der Waals surface area contributed by atoms with E-state index in [0.717, 1.165) is 11.4 Å². The molecule has 1 aromatic heterocycles. The van der Waals surface area contributed by atoms with E-state index in [9.17, 15) is 22.4 Å². The lowest BCUT2D eigenvalue weighted by Crippen LogP contribution is -2.32. The maximum atomic E-state index is 12.9. The Morgan fingerprint density at radius 1 is 1.09 bits per heavy atom. The second-order valence-electron chi connectivity index (χ2n) is 6.97. The smallest absolute Gasteiger partial charge is 0.330 e. The molecule has 10 heteroatoms. The first kappa shape index (κ1) is 23.3. The summed E-state index contributed by atoms with van der Waals surface area (Å²) in [6.07, 6.45) is -1.42. The number of anilines is 1. The van der Waals surface area contributed by atoms with Gasteiger partial charge in [0.25, 0.3) is 0 Å². The van der Waals surface area contributed by atoms with E-state index in [1.165, 1.54) is 6.07 Å². The molecule has 6 nitrogen and oxygen atoms in total. The number of hydrogen-bond donors (Lipinski definition) is 2. The third-order valence-electron chi connectivity index (χ3n) is 4.40. The molecule has 0 saturated heterocycles. The largest absolute Gasteiger partial charge is 0.370 e. The molecule has 0 saturated carbocycles. The van der Waals surface area contributed by atoms with E-state index in [-0.39, 0.29) is 6.61 Å². The minimum atomic E-state index is -4.20. The van der Waals surface area contributed by atoms with Crippen molar-refractivity contribution >= 4 is 11.7 Å². The summed E-state index contributed by atoms with van der Waals surface area (Å²) in [6, 6.07) is 17.3. The summed E-state index contributed by atoms with van der Waals surface area (Å²) >= 11 is 0. The molecule has 0 atom stereocenters. The van der Waals surface area contributed by atoms with Crippen LogP contribution in [0.5, 0.6) is 0 Å². The number of amides is 2. The summed E-state index contributed by atoms with van der Waals surface area (Å²) in [5.41, 5.74) is 2.62. The first-order valence-electron chi connectivity index (χ1n) is 9.81. The van der Waals surface area contributed by atoms with Gasteiger partial charge in [-0.25, -0.2) is 18.3 Å². The number of hydrogen-bond acceptors (Lipinski definition) is 3. The fourth-order valence-electron chi connectivity index (χ4n) is 2.81. The highest BCUT2D eigenvalue weighted by atomic mass is 19.3. The number of para-hydroxylation sites is 1. The van der Waals surface area contributed by atoms with Crippen LogP contribution in [0.1, 0.15) is 11.3 Å². The lowest BCUT2D eigenvalue weighted by molar-refractivity contribution is -0.168. The van der Waals surface area contributed by atoms with Crippen LogP contribution in [0, 0.1) is 0 Å². The molecule has 0 aliphatic heterocycles. The number of benzene rings is 2. The van der Waals surface area contributed by atoms with Crippen LogP contribution in [0.15, 0.2) is 66.9 Å². The van der Waals surface area contributed by atoms with Crippen molar-refractivity contribution in [3.05, 3.63) is 78.1 Å². The van der Waals surface area contributed by atoms with Crippen LogP contribution in [-0.2, 0) is 17.8 Å². The number of nitrogens with one attached hydrogen (secondary N) is 2. The molecule has 3 rings (SSSR count). The van der Waals surface area contributed by atoms with Gasteiger partial charge in [-0.3, -0.25) is 0 Å². The average Bonchev–Trinajstić information content (AvgIpc) is 3.23. The summed E-state index contributed by atoms with van der Waals surface area (Å²) < 4.78 is 56.5. The van der Waals surface area contributed by atoms with Gasteiger partial charge in [0.1, 0.15) is 6.61 Å². The normalized spacial score (nSPS) is 11.5. The van der Waals surface area contributed by atoms with E-state index in [1.807, 2.05) is 42.6 Å². The van der Waals surface area contributed by atoms with Gasteiger partial charge < -0.3 is 15.4 Å². The number of aromatic nitrogens is 2.